The van der Waals surface area contributed by atoms with E-state index < -0.39 is 10.0 Å². The van der Waals surface area contributed by atoms with Crippen LogP contribution >= 0.6 is 11.6 Å². The summed E-state index contributed by atoms with van der Waals surface area (Å²) in [6.07, 6.45) is 1.96. The van der Waals surface area contributed by atoms with Crippen LogP contribution in [-0.4, -0.2) is 39.4 Å². The molecular formula is C14H21ClN2O2S. The molecule has 0 bridgehead atoms. The van der Waals surface area contributed by atoms with Crippen molar-refractivity contribution in [2.75, 3.05) is 26.7 Å². The predicted molar refractivity (Wildman–Crippen MR) is 81.6 cm³/mol. The maximum absolute atomic E-state index is 12.7. The molecule has 1 N–H and O–H groups in total. The number of aryl methyl sites for hydroxylation is 1. The van der Waals surface area contributed by atoms with Crippen molar-refractivity contribution in [1.29, 1.82) is 0 Å². The van der Waals surface area contributed by atoms with Crippen LogP contribution in [0.25, 0.3) is 0 Å². The van der Waals surface area contributed by atoms with Crippen molar-refractivity contribution in [3.8, 4) is 0 Å². The molecule has 1 aliphatic heterocycles. The second-order valence-corrected chi connectivity index (χ2v) is 7.60. The summed E-state index contributed by atoms with van der Waals surface area (Å²) in [5.41, 5.74) is 0.788. The van der Waals surface area contributed by atoms with E-state index in [0.717, 1.165) is 24.9 Å². The minimum atomic E-state index is -3.49. The molecule has 0 aromatic heterocycles. The molecule has 0 amide bonds. The first-order valence-corrected chi connectivity index (χ1v) is 8.68. The summed E-state index contributed by atoms with van der Waals surface area (Å²) in [5, 5.41) is 3.46. The minimum absolute atomic E-state index is 0.226. The molecule has 1 aromatic rings. The van der Waals surface area contributed by atoms with Crippen LogP contribution in [0.1, 0.15) is 18.4 Å². The summed E-state index contributed by atoms with van der Waals surface area (Å²) < 4.78 is 27.0. The molecule has 0 spiro atoms. The molecule has 2 rings (SSSR count). The predicted octanol–water partition coefficient (Wildman–Crippen LogP) is 2.27. The van der Waals surface area contributed by atoms with E-state index in [0.29, 0.717) is 24.0 Å². The van der Waals surface area contributed by atoms with Crippen LogP contribution in [0, 0.1) is 12.8 Å². The monoisotopic (exact) mass is 316 g/mol. The molecule has 1 aromatic carbocycles. The van der Waals surface area contributed by atoms with Gasteiger partial charge in [0.05, 0.1) is 5.02 Å². The number of piperidine rings is 1. The fourth-order valence-corrected chi connectivity index (χ4v) is 4.77. The van der Waals surface area contributed by atoms with Crippen molar-refractivity contribution in [2.45, 2.75) is 24.7 Å². The summed E-state index contributed by atoms with van der Waals surface area (Å²) in [6.45, 7) is 3.80. The molecule has 0 radical (unpaired) electrons. The lowest BCUT2D eigenvalue weighted by Crippen LogP contribution is -2.42. The van der Waals surface area contributed by atoms with Crippen molar-refractivity contribution < 1.29 is 8.42 Å². The summed E-state index contributed by atoms with van der Waals surface area (Å²) in [6, 6.07) is 5.15. The number of rotatable bonds is 4. The van der Waals surface area contributed by atoms with Crippen molar-refractivity contribution in [2.24, 2.45) is 5.92 Å². The summed E-state index contributed by atoms with van der Waals surface area (Å²) in [7, 11) is -1.60. The van der Waals surface area contributed by atoms with Gasteiger partial charge in [0.1, 0.15) is 4.90 Å². The molecule has 0 saturated carbocycles. The quantitative estimate of drug-likeness (QED) is 0.927. The van der Waals surface area contributed by atoms with Gasteiger partial charge in [-0.3, -0.25) is 0 Å². The lowest BCUT2D eigenvalue weighted by molar-refractivity contribution is 0.263. The van der Waals surface area contributed by atoms with Crippen LogP contribution in [0.2, 0.25) is 5.02 Å². The van der Waals surface area contributed by atoms with Gasteiger partial charge >= 0.3 is 0 Å². The van der Waals surface area contributed by atoms with E-state index in [4.69, 9.17) is 11.6 Å². The maximum Gasteiger partial charge on any atom is 0.244 e. The van der Waals surface area contributed by atoms with Gasteiger partial charge in [0.15, 0.2) is 0 Å². The Bertz CT molecular complexity index is 573. The lowest BCUT2D eigenvalue weighted by atomic mass is 10.00. The largest absolute Gasteiger partial charge is 0.319 e. The summed E-state index contributed by atoms with van der Waals surface area (Å²) in [4.78, 5) is 0.226. The molecule has 4 nitrogen and oxygen atoms in total. The molecule has 1 fully saturated rings. The Balaban J connectivity index is 2.28. The fourth-order valence-electron chi connectivity index (χ4n) is 2.66. The number of benzene rings is 1. The number of hydrogen-bond donors (Lipinski definition) is 1. The number of nitrogens with zero attached hydrogens (tertiary/aromatic N) is 1. The Kier molecular flexibility index (Phi) is 5.07. The van der Waals surface area contributed by atoms with Gasteiger partial charge in [-0.25, -0.2) is 8.42 Å². The van der Waals surface area contributed by atoms with Crippen molar-refractivity contribution in [1.82, 2.24) is 9.62 Å². The first-order chi connectivity index (χ1) is 9.46. The van der Waals surface area contributed by atoms with Crippen molar-refractivity contribution >= 4 is 21.6 Å². The van der Waals surface area contributed by atoms with Crippen LogP contribution in [0.3, 0.4) is 0 Å². The van der Waals surface area contributed by atoms with Crippen LogP contribution in [0.5, 0.6) is 0 Å². The third kappa shape index (κ3) is 3.17. The van der Waals surface area contributed by atoms with Crippen LogP contribution < -0.4 is 5.32 Å². The smallest absolute Gasteiger partial charge is 0.244 e. The topological polar surface area (TPSA) is 49.4 Å². The highest BCUT2D eigenvalue weighted by atomic mass is 35.5. The van der Waals surface area contributed by atoms with Gasteiger partial charge in [0.2, 0.25) is 10.0 Å². The molecule has 112 valence electrons. The number of nitrogens with one attached hydrogen (secondary N) is 1. The molecule has 1 atom stereocenters. The zero-order valence-electron chi connectivity index (χ0n) is 11.9. The Labute approximate surface area is 126 Å². The zero-order chi connectivity index (χ0) is 14.8. The second kappa shape index (κ2) is 6.43. The van der Waals surface area contributed by atoms with Gasteiger partial charge in [-0.1, -0.05) is 23.7 Å². The van der Waals surface area contributed by atoms with Crippen LogP contribution in [-0.2, 0) is 10.0 Å². The highest BCUT2D eigenvalue weighted by Crippen LogP contribution is 2.29. The minimum Gasteiger partial charge on any atom is -0.319 e. The third-order valence-corrected chi connectivity index (χ3v) is 6.27. The average molecular weight is 317 g/mol. The highest BCUT2D eigenvalue weighted by molar-refractivity contribution is 7.89. The third-order valence-electron chi connectivity index (χ3n) is 3.75. The van der Waals surface area contributed by atoms with Gasteiger partial charge in [-0.15, -0.1) is 0 Å². The summed E-state index contributed by atoms with van der Waals surface area (Å²) in [5.74, 6) is 0.368. The Morgan fingerprint density at radius 2 is 2.20 bits per heavy atom. The maximum atomic E-state index is 12.7. The molecular weight excluding hydrogens is 296 g/mol. The van der Waals surface area contributed by atoms with E-state index >= 15 is 0 Å². The molecule has 1 heterocycles. The van der Waals surface area contributed by atoms with E-state index in [1.807, 2.05) is 20.0 Å². The SMILES string of the molecule is CNCC1CCCN(S(=O)(=O)c2cccc(C)c2Cl)C1. The van der Waals surface area contributed by atoms with Crippen LogP contribution in [0.15, 0.2) is 23.1 Å². The van der Waals surface area contributed by atoms with E-state index in [2.05, 4.69) is 5.32 Å². The van der Waals surface area contributed by atoms with Gasteiger partial charge in [-0.05, 0) is 50.9 Å². The zero-order valence-corrected chi connectivity index (χ0v) is 13.5. The van der Waals surface area contributed by atoms with Gasteiger partial charge < -0.3 is 5.32 Å². The fraction of sp³-hybridized carbons (Fsp3) is 0.571. The Morgan fingerprint density at radius 1 is 1.45 bits per heavy atom. The molecule has 1 unspecified atom stereocenters. The number of hydrogen-bond acceptors (Lipinski definition) is 3. The second-order valence-electron chi connectivity index (χ2n) is 5.32. The number of halogens is 1. The molecule has 0 aliphatic carbocycles. The Morgan fingerprint density at radius 3 is 2.90 bits per heavy atom. The lowest BCUT2D eigenvalue weighted by Gasteiger charge is -2.32. The van der Waals surface area contributed by atoms with Gasteiger partial charge in [0.25, 0.3) is 0 Å². The molecule has 20 heavy (non-hydrogen) atoms. The molecule has 1 aliphatic rings. The average Bonchev–Trinajstić information content (AvgIpc) is 2.42. The Hall–Kier alpha value is -0.620. The van der Waals surface area contributed by atoms with Gasteiger partial charge in [-0.2, -0.15) is 4.31 Å². The standard InChI is InChI=1S/C14H21ClN2O2S/c1-11-5-3-7-13(14(11)15)20(18,19)17-8-4-6-12(10-17)9-16-2/h3,5,7,12,16H,4,6,8-10H2,1-2H3. The van der Waals surface area contributed by atoms with Crippen LogP contribution in [0.4, 0.5) is 0 Å². The number of sulfonamides is 1. The molecule has 6 heteroatoms. The van der Waals surface area contributed by atoms with E-state index in [-0.39, 0.29) is 4.90 Å². The highest BCUT2D eigenvalue weighted by Gasteiger charge is 2.31. The van der Waals surface area contributed by atoms with E-state index in [9.17, 15) is 8.42 Å². The summed E-state index contributed by atoms with van der Waals surface area (Å²) >= 11 is 6.18. The van der Waals surface area contributed by atoms with E-state index in [1.165, 1.54) is 0 Å². The first-order valence-electron chi connectivity index (χ1n) is 6.86. The molecule has 1 saturated heterocycles. The van der Waals surface area contributed by atoms with Gasteiger partial charge in [0, 0.05) is 13.1 Å². The normalized spacial score (nSPS) is 21.1. The van der Waals surface area contributed by atoms with Crippen molar-refractivity contribution in [3.63, 3.8) is 0 Å². The van der Waals surface area contributed by atoms with Crippen molar-refractivity contribution in [3.05, 3.63) is 28.8 Å². The van der Waals surface area contributed by atoms with E-state index in [1.54, 1.807) is 16.4 Å². The first kappa shape index (κ1) is 15.8.